The zero-order valence-corrected chi connectivity index (χ0v) is 9.74. The zero-order valence-electron chi connectivity index (χ0n) is 8.98. The van der Waals surface area contributed by atoms with Crippen molar-refractivity contribution in [3.63, 3.8) is 0 Å². The number of hydrogen-bond donors (Lipinski definition) is 1. The van der Waals surface area contributed by atoms with Crippen LogP contribution in [0.5, 0.6) is 0 Å². The van der Waals surface area contributed by atoms with Gasteiger partial charge in [0.2, 0.25) is 0 Å². The van der Waals surface area contributed by atoms with Crippen LogP contribution < -0.4 is 5.32 Å². The first kappa shape index (κ1) is 10.9. The van der Waals surface area contributed by atoms with Crippen LogP contribution in [0.4, 0.5) is 4.39 Å². The summed E-state index contributed by atoms with van der Waals surface area (Å²) in [5.74, 6) is -0.0582. The largest absolute Gasteiger partial charge is 0.311 e. The quantitative estimate of drug-likeness (QED) is 0.776. The molecule has 82 valence electrons. The third-order valence-electron chi connectivity index (χ3n) is 3.24. The highest BCUT2D eigenvalue weighted by molar-refractivity contribution is 6.30. The molecule has 1 fully saturated rings. The summed E-state index contributed by atoms with van der Waals surface area (Å²) in [4.78, 5) is 0. The van der Waals surface area contributed by atoms with E-state index in [2.05, 4.69) is 19.2 Å². The molecule has 3 heteroatoms. The SMILES string of the molecule is CC1(C)NCCC1c1cccc(Cl)c1F. The Balaban J connectivity index is 2.41. The second-order valence-corrected chi connectivity index (χ2v) is 5.04. The number of hydrogen-bond acceptors (Lipinski definition) is 1. The van der Waals surface area contributed by atoms with Crippen LogP contribution in [-0.4, -0.2) is 12.1 Å². The molecule has 0 radical (unpaired) electrons. The molecular weight excluding hydrogens is 213 g/mol. The predicted molar refractivity (Wildman–Crippen MR) is 60.8 cm³/mol. The lowest BCUT2D eigenvalue weighted by Gasteiger charge is -2.27. The Morgan fingerprint density at radius 1 is 1.47 bits per heavy atom. The molecule has 1 aromatic rings. The van der Waals surface area contributed by atoms with Gasteiger partial charge in [0.1, 0.15) is 5.82 Å². The second-order valence-electron chi connectivity index (χ2n) is 4.63. The monoisotopic (exact) mass is 227 g/mol. The maximum absolute atomic E-state index is 13.8. The van der Waals surface area contributed by atoms with E-state index in [1.165, 1.54) is 0 Å². The molecule has 0 bridgehead atoms. The minimum Gasteiger partial charge on any atom is -0.311 e. The zero-order chi connectivity index (χ0) is 11.1. The average molecular weight is 228 g/mol. The van der Waals surface area contributed by atoms with Crippen molar-refractivity contribution < 1.29 is 4.39 Å². The molecule has 1 heterocycles. The first-order chi connectivity index (χ1) is 7.02. The summed E-state index contributed by atoms with van der Waals surface area (Å²) >= 11 is 5.79. The van der Waals surface area contributed by atoms with E-state index < -0.39 is 0 Å². The third kappa shape index (κ3) is 1.88. The highest BCUT2D eigenvalue weighted by atomic mass is 35.5. The number of rotatable bonds is 1. The Kier molecular flexibility index (Phi) is 2.73. The molecule has 1 atom stereocenters. The van der Waals surface area contributed by atoms with E-state index in [9.17, 15) is 4.39 Å². The normalized spacial score (nSPS) is 24.4. The van der Waals surface area contributed by atoms with E-state index in [4.69, 9.17) is 11.6 Å². The molecule has 0 saturated carbocycles. The Hall–Kier alpha value is -0.600. The van der Waals surface area contributed by atoms with Gasteiger partial charge in [-0.1, -0.05) is 23.7 Å². The fourth-order valence-corrected chi connectivity index (χ4v) is 2.54. The molecule has 1 aliphatic rings. The topological polar surface area (TPSA) is 12.0 Å². The van der Waals surface area contributed by atoms with Gasteiger partial charge in [0.05, 0.1) is 5.02 Å². The molecule has 1 aliphatic heterocycles. The van der Waals surface area contributed by atoms with Crippen LogP contribution in [0.25, 0.3) is 0 Å². The van der Waals surface area contributed by atoms with Gasteiger partial charge in [-0.05, 0) is 38.4 Å². The molecular formula is C12H15ClFN. The van der Waals surface area contributed by atoms with E-state index in [-0.39, 0.29) is 22.3 Å². The maximum atomic E-state index is 13.8. The van der Waals surface area contributed by atoms with E-state index in [1.54, 1.807) is 6.07 Å². The van der Waals surface area contributed by atoms with Crippen LogP contribution in [0.15, 0.2) is 18.2 Å². The van der Waals surface area contributed by atoms with Gasteiger partial charge in [0, 0.05) is 11.5 Å². The molecule has 1 saturated heterocycles. The Labute approximate surface area is 94.6 Å². The van der Waals surface area contributed by atoms with Gasteiger partial charge < -0.3 is 5.32 Å². The van der Waals surface area contributed by atoms with Crippen LogP contribution in [0.2, 0.25) is 5.02 Å². The minimum absolute atomic E-state index is 0.0501. The molecule has 15 heavy (non-hydrogen) atoms. The fourth-order valence-electron chi connectivity index (χ4n) is 2.36. The Morgan fingerprint density at radius 2 is 2.20 bits per heavy atom. The van der Waals surface area contributed by atoms with E-state index in [1.807, 2.05) is 12.1 Å². The lowest BCUT2D eigenvalue weighted by molar-refractivity contribution is 0.400. The van der Waals surface area contributed by atoms with E-state index in [0.717, 1.165) is 18.5 Å². The molecule has 0 amide bonds. The van der Waals surface area contributed by atoms with Gasteiger partial charge in [0.15, 0.2) is 0 Å². The molecule has 0 aromatic heterocycles. The van der Waals surface area contributed by atoms with Crippen molar-refractivity contribution in [2.75, 3.05) is 6.54 Å². The number of halogens is 2. The summed E-state index contributed by atoms with van der Waals surface area (Å²) in [5.41, 5.74) is 0.684. The summed E-state index contributed by atoms with van der Waals surface area (Å²) in [6.45, 7) is 5.14. The Morgan fingerprint density at radius 3 is 2.80 bits per heavy atom. The van der Waals surface area contributed by atoms with Crippen molar-refractivity contribution in [2.45, 2.75) is 31.7 Å². The van der Waals surface area contributed by atoms with Crippen LogP contribution in [-0.2, 0) is 0 Å². The van der Waals surface area contributed by atoms with Crippen molar-refractivity contribution in [3.8, 4) is 0 Å². The smallest absolute Gasteiger partial charge is 0.145 e. The molecule has 1 unspecified atom stereocenters. The average Bonchev–Trinajstić information content (AvgIpc) is 2.50. The molecule has 1 N–H and O–H groups in total. The van der Waals surface area contributed by atoms with Crippen molar-refractivity contribution in [3.05, 3.63) is 34.6 Å². The maximum Gasteiger partial charge on any atom is 0.145 e. The number of nitrogens with one attached hydrogen (secondary N) is 1. The molecule has 1 nitrogen and oxygen atoms in total. The lowest BCUT2D eigenvalue weighted by atomic mass is 9.83. The standard InChI is InChI=1S/C12H15ClFN/c1-12(2)9(6-7-15-12)8-4-3-5-10(13)11(8)14/h3-5,9,15H,6-7H2,1-2H3. The van der Waals surface area contributed by atoms with Gasteiger partial charge >= 0.3 is 0 Å². The predicted octanol–water partition coefficient (Wildman–Crippen LogP) is 3.33. The highest BCUT2D eigenvalue weighted by Crippen LogP contribution is 2.37. The van der Waals surface area contributed by atoms with Crippen molar-refractivity contribution >= 4 is 11.6 Å². The van der Waals surface area contributed by atoms with Crippen molar-refractivity contribution in [1.82, 2.24) is 5.32 Å². The molecule has 0 spiro atoms. The minimum atomic E-state index is -0.263. The van der Waals surface area contributed by atoms with Gasteiger partial charge in [-0.25, -0.2) is 4.39 Å². The van der Waals surface area contributed by atoms with Crippen LogP contribution in [0.1, 0.15) is 31.7 Å². The van der Waals surface area contributed by atoms with Crippen molar-refractivity contribution in [2.24, 2.45) is 0 Å². The van der Waals surface area contributed by atoms with Gasteiger partial charge in [-0.2, -0.15) is 0 Å². The Bertz CT molecular complexity index is 376. The highest BCUT2D eigenvalue weighted by Gasteiger charge is 2.36. The van der Waals surface area contributed by atoms with Gasteiger partial charge in [0.25, 0.3) is 0 Å². The fraction of sp³-hybridized carbons (Fsp3) is 0.500. The summed E-state index contributed by atoms with van der Waals surface area (Å²) in [5, 5.41) is 3.60. The van der Waals surface area contributed by atoms with Gasteiger partial charge in [-0.3, -0.25) is 0 Å². The number of benzene rings is 1. The first-order valence-corrected chi connectivity index (χ1v) is 5.59. The van der Waals surface area contributed by atoms with Crippen LogP contribution in [0, 0.1) is 5.82 Å². The third-order valence-corrected chi connectivity index (χ3v) is 3.53. The van der Waals surface area contributed by atoms with Crippen LogP contribution in [0.3, 0.4) is 0 Å². The summed E-state index contributed by atoms with van der Waals surface area (Å²) in [7, 11) is 0. The first-order valence-electron chi connectivity index (χ1n) is 5.21. The van der Waals surface area contributed by atoms with E-state index in [0.29, 0.717) is 0 Å². The molecule has 2 rings (SSSR count). The summed E-state index contributed by atoms with van der Waals surface area (Å²) in [6, 6.07) is 5.24. The molecule has 0 aliphatic carbocycles. The van der Waals surface area contributed by atoms with Crippen molar-refractivity contribution in [1.29, 1.82) is 0 Å². The molecule has 1 aromatic carbocycles. The van der Waals surface area contributed by atoms with E-state index >= 15 is 0 Å². The van der Waals surface area contributed by atoms with Crippen LogP contribution >= 0.6 is 11.6 Å². The lowest BCUT2D eigenvalue weighted by Crippen LogP contribution is -2.37. The second kappa shape index (κ2) is 3.76. The summed E-state index contributed by atoms with van der Waals surface area (Å²) in [6.07, 6.45) is 0.963. The van der Waals surface area contributed by atoms with Gasteiger partial charge in [-0.15, -0.1) is 0 Å². The summed E-state index contributed by atoms with van der Waals surface area (Å²) < 4.78 is 13.8.